The molecular weight excluding hydrogens is 270 g/mol. The van der Waals surface area contributed by atoms with Gasteiger partial charge in [-0.3, -0.25) is 0 Å². The van der Waals surface area contributed by atoms with E-state index >= 15 is 0 Å². The highest BCUT2D eigenvalue weighted by Crippen LogP contribution is 2.40. The first kappa shape index (κ1) is 15.4. The van der Waals surface area contributed by atoms with Crippen LogP contribution in [-0.4, -0.2) is 30.8 Å². The lowest BCUT2D eigenvalue weighted by Crippen LogP contribution is -2.34. The summed E-state index contributed by atoms with van der Waals surface area (Å²) in [6.07, 6.45) is 0.498. The second-order valence-corrected chi connectivity index (χ2v) is 6.21. The highest BCUT2D eigenvalue weighted by Gasteiger charge is 2.40. The van der Waals surface area contributed by atoms with Crippen molar-refractivity contribution in [2.24, 2.45) is 0 Å². The van der Waals surface area contributed by atoms with E-state index in [1.165, 1.54) is 7.11 Å². The smallest absolute Gasteiger partial charge is 0.407 e. The van der Waals surface area contributed by atoms with Crippen molar-refractivity contribution in [1.82, 2.24) is 5.32 Å². The minimum absolute atomic E-state index is 0.101. The Labute approximate surface area is 124 Å². The van der Waals surface area contributed by atoms with Gasteiger partial charge in [0.2, 0.25) is 0 Å². The van der Waals surface area contributed by atoms with Gasteiger partial charge in [-0.2, -0.15) is 0 Å². The van der Waals surface area contributed by atoms with Gasteiger partial charge >= 0.3 is 12.1 Å². The standard InChI is InChI=1S/C16H21NO4/c1-16(2,3)21-15(19)17-13-9-12(13)10-5-7-11(8-6-10)14(18)20-4/h5-8,12-13H,9H2,1-4H3,(H,17,19)/t12-,13+/m1/s1. The van der Waals surface area contributed by atoms with Crippen LogP contribution in [0.4, 0.5) is 4.79 Å². The normalized spacial score (nSPS) is 20.6. The van der Waals surface area contributed by atoms with E-state index in [0.29, 0.717) is 5.56 Å². The zero-order valence-corrected chi connectivity index (χ0v) is 12.8. The van der Waals surface area contributed by atoms with Gasteiger partial charge in [0.25, 0.3) is 0 Å². The second kappa shape index (κ2) is 5.76. The molecule has 2 atom stereocenters. The minimum Gasteiger partial charge on any atom is -0.465 e. The van der Waals surface area contributed by atoms with E-state index in [1.807, 2.05) is 32.9 Å². The van der Waals surface area contributed by atoms with Crippen LogP contribution in [0, 0.1) is 0 Å². The molecule has 0 saturated heterocycles. The first-order valence-corrected chi connectivity index (χ1v) is 6.98. The number of alkyl carbamates (subject to hydrolysis) is 1. The summed E-state index contributed by atoms with van der Waals surface area (Å²) in [4.78, 5) is 23.0. The topological polar surface area (TPSA) is 64.6 Å². The molecule has 1 aromatic carbocycles. The second-order valence-electron chi connectivity index (χ2n) is 6.21. The molecule has 5 heteroatoms. The summed E-state index contributed by atoms with van der Waals surface area (Å²) in [6, 6.07) is 7.37. The molecule has 0 heterocycles. The van der Waals surface area contributed by atoms with Gasteiger partial charge in [-0.25, -0.2) is 9.59 Å². The lowest BCUT2D eigenvalue weighted by atomic mass is 10.1. The van der Waals surface area contributed by atoms with E-state index in [9.17, 15) is 9.59 Å². The fourth-order valence-corrected chi connectivity index (χ4v) is 2.17. The minimum atomic E-state index is -0.489. The molecule has 0 bridgehead atoms. The van der Waals surface area contributed by atoms with E-state index in [0.717, 1.165) is 12.0 Å². The SMILES string of the molecule is COC(=O)c1ccc([C@H]2C[C@@H]2NC(=O)OC(C)(C)C)cc1. The monoisotopic (exact) mass is 291 g/mol. The Hall–Kier alpha value is -2.04. The summed E-state index contributed by atoms with van der Waals surface area (Å²) < 4.78 is 9.89. The van der Waals surface area contributed by atoms with Gasteiger partial charge in [0.15, 0.2) is 0 Å². The predicted octanol–water partition coefficient (Wildman–Crippen LogP) is 2.85. The summed E-state index contributed by atoms with van der Waals surface area (Å²) in [5.41, 5.74) is 1.14. The molecule has 1 N–H and O–H groups in total. The number of hydrogen-bond acceptors (Lipinski definition) is 4. The Morgan fingerprint density at radius 3 is 2.33 bits per heavy atom. The molecule has 1 amide bonds. The van der Waals surface area contributed by atoms with Crippen LogP contribution in [-0.2, 0) is 9.47 Å². The predicted molar refractivity (Wildman–Crippen MR) is 78.3 cm³/mol. The number of nitrogens with one attached hydrogen (secondary N) is 1. The Kier molecular flexibility index (Phi) is 4.21. The lowest BCUT2D eigenvalue weighted by molar-refractivity contribution is 0.0521. The number of hydrogen-bond donors (Lipinski definition) is 1. The third-order valence-electron chi connectivity index (χ3n) is 3.25. The number of methoxy groups -OCH3 is 1. The molecule has 0 aliphatic heterocycles. The Morgan fingerprint density at radius 1 is 1.19 bits per heavy atom. The fourth-order valence-electron chi connectivity index (χ4n) is 2.17. The molecule has 2 rings (SSSR count). The molecule has 1 aliphatic carbocycles. The molecule has 21 heavy (non-hydrogen) atoms. The van der Waals surface area contributed by atoms with Gasteiger partial charge in [-0.1, -0.05) is 12.1 Å². The van der Waals surface area contributed by atoms with E-state index < -0.39 is 5.60 Å². The van der Waals surface area contributed by atoms with Crippen molar-refractivity contribution in [3.8, 4) is 0 Å². The van der Waals surface area contributed by atoms with Gasteiger partial charge in [0, 0.05) is 12.0 Å². The summed E-state index contributed by atoms with van der Waals surface area (Å²) in [5.74, 6) is -0.0648. The van der Waals surface area contributed by atoms with Crippen molar-refractivity contribution in [3.63, 3.8) is 0 Å². The number of amides is 1. The number of benzene rings is 1. The molecule has 1 fully saturated rings. The molecule has 0 unspecified atom stereocenters. The highest BCUT2D eigenvalue weighted by atomic mass is 16.6. The maximum absolute atomic E-state index is 11.7. The van der Waals surface area contributed by atoms with Crippen LogP contribution in [0.3, 0.4) is 0 Å². The van der Waals surface area contributed by atoms with Crippen LogP contribution in [0.25, 0.3) is 0 Å². The summed E-state index contributed by atoms with van der Waals surface area (Å²) >= 11 is 0. The Balaban J connectivity index is 1.88. The van der Waals surface area contributed by atoms with Crippen molar-refractivity contribution in [2.75, 3.05) is 7.11 Å². The first-order chi connectivity index (χ1) is 9.80. The van der Waals surface area contributed by atoms with Crippen molar-refractivity contribution >= 4 is 12.1 Å². The average Bonchev–Trinajstić information content (AvgIpc) is 3.15. The van der Waals surface area contributed by atoms with Crippen molar-refractivity contribution in [1.29, 1.82) is 0 Å². The molecule has 1 saturated carbocycles. The van der Waals surface area contributed by atoms with Crippen molar-refractivity contribution in [2.45, 2.75) is 44.8 Å². The van der Waals surface area contributed by atoms with Crippen molar-refractivity contribution < 1.29 is 19.1 Å². The number of ether oxygens (including phenoxy) is 2. The molecule has 0 radical (unpaired) electrons. The van der Waals surface area contributed by atoms with Crippen molar-refractivity contribution in [3.05, 3.63) is 35.4 Å². The summed E-state index contributed by atoms with van der Waals surface area (Å²) in [6.45, 7) is 5.51. The molecule has 0 spiro atoms. The summed E-state index contributed by atoms with van der Waals surface area (Å²) in [7, 11) is 1.36. The Morgan fingerprint density at radius 2 is 1.81 bits per heavy atom. The number of esters is 1. The highest BCUT2D eigenvalue weighted by molar-refractivity contribution is 5.89. The molecule has 5 nitrogen and oxygen atoms in total. The van der Waals surface area contributed by atoms with Crippen LogP contribution in [0.5, 0.6) is 0 Å². The van der Waals surface area contributed by atoms with Gasteiger partial charge in [0.1, 0.15) is 5.60 Å². The number of rotatable bonds is 3. The molecule has 1 aliphatic rings. The molecule has 114 valence electrons. The third-order valence-corrected chi connectivity index (χ3v) is 3.25. The fraction of sp³-hybridized carbons (Fsp3) is 0.500. The van der Waals surface area contributed by atoms with Gasteiger partial charge in [-0.15, -0.1) is 0 Å². The largest absolute Gasteiger partial charge is 0.465 e. The number of carbonyl (C=O) groups excluding carboxylic acids is 2. The maximum atomic E-state index is 11.7. The molecule has 0 aromatic heterocycles. The van der Waals surface area contributed by atoms with E-state index in [1.54, 1.807) is 12.1 Å². The van der Waals surface area contributed by atoms with E-state index in [4.69, 9.17) is 4.74 Å². The van der Waals surface area contributed by atoms with Crippen LogP contribution < -0.4 is 5.32 Å². The molecular formula is C16H21NO4. The van der Waals surface area contributed by atoms with E-state index in [2.05, 4.69) is 10.1 Å². The van der Waals surface area contributed by atoms with Gasteiger partial charge < -0.3 is 14.8 Å². The molecule has 1 aromatic rings. The zero-order valence-electron chi connectivity index (χ0n) is 12.8. The maximum Gasteiger partial charge on any atom is 0.407 e. The number of carbonyl (C=O) groups is 2. The van der Waals surface area contributed by atoms with Gasteiger partial charge in [0.05, 0.1) is 12.7 Å². The van der Waals surface area contributed by atoms with Crippen LogP contribution in [0.1, 0.15) is 49.0 Å². The van der Waals surface area contributed by atoms with Gasteiger partial charge in [-0.05, 0) is 44.9 Å². The average molecular weight is 291 g/mol. The zero-order chi connectivity index (χ0) is 15.6. The third kappa shape index (κ3) is 4.21. The quantitative estimate of drug-likeness (QED) is 0.870. The Bertz CT molecular complexity index is 530. The van der Waals surface area contributed by atoms with Crippen LogP contribution in [0.15, 0.2) is 24.3 Å². The summed E-state index contributed by atoms with van der Waals surface area (Å²) in [5, 5.41) is 2.85. The van der Waals surface area contributed by atoms with Crippen LogP contribution >= 0.6 is 0 Å². The first-order valence-electron chi connectivity index (χ1n) is 6.98. The van der Waals surface area contributed by atoms with E-state index in [-0.39, 0.29) is 24.0 Å². The lowest BCUT2D eigenvalue weighted by Gasteiger charge is -2.19. The van der Waals surface area contributed by atoms with Crippen LogP contribution in [0.2, 0.25) is 0 Å².